The summed E-state index contributed by atoms with van der Waals surface area (Å²) in [5.41, 5.74) is 1.48. The average molecular weight is 203 g/mol. The van der Waals surface area contributed by atoms with E-state index in [1.165, 1.54) is 37.7 Å². The zero-order valence-electron chi connectivity index (χ0n) is 9.58. The van der Waals surface area contributed by atoms with Crippen molar-refractivity contribution in [2.45, 2.75) is 38.1 Å². The molecule has 1 saturated carbocycles. The minimum Gasteiger partial charge on any atom is -0.317 e. The number of benzene rings is 1. The van der Waals surface area contributed by atoms with E-state index in [2.05, 4.69) is 42.7 Å². The van der Waals surface area contributed by atoms with Crippen LogP contribution in [-0.4, -0.2) is 13.1 Å². The molecule has 15 heavy (non-hydrogen) atoms. The summed E-state index contributed by atoms with van der Waals surface area (Å²) in [6.45, 7) is 0. The van der Waals surface area contributed by atoms with E-state index in [0.717, 1.165) is 12.0 Å². The smallest absolute Gasteiger partial charge is 0.00924 e. The number of nitrogens with one attached hydrogen (secondary N) is 1. The van der Waals surface area contributed by atoms with Gasteiger partial charge in [-0.05, 0) is 50.6 Å². The monoisotopic (exact) mass is 203 g/mol. The van der Waals surface area contributed by atoms with Crippen LogP contribution in [-0.2, 0) is 6.42 Å². The van der Waals surface area contributed by atoms with Crippen molar-refractivity contribution in [2.24, 2.45) is 5.92 Å². The first-order valence-corrected chi connectivity index (χ1v) is 6.11. The third kappa shape index (κ3) is 3.35. The van der Waals surface area contributed by atoms with Gasteiger partial charge in [0.2, 0.25) is 0 Å². The van der Waals surface area contributed by atoms with Gasteiger partial charge in [-0.2, -0.15) is 0 Å². The van der Waals surface area contributed by atoms with E-state index in [-0.39, 0.29) is 0 Å². The molecule has 2 rings (SSSR count). The Morgan fingerprint density at radius 1 is 1.27 bits per heavy atom. The highest BCUT2D eigenvalue weighted by atomic mass is 14.9. The van der Waals surface area contributed by atoms with Gasteiger partial charge in [-0.1, -0.05) is 30.3 Å². The fourth-order valence-corrected chi connectivity index (χ4v) is 2.29. The molecule has 1 fully saturated rings. The third-order valence-electron chi connectivity index (χ3n) is 3.39. The van der Waals surface area contributed by atoms with Crippen LogP contribution in [0.15, 0.2) is 30.3 Å². The first-order chi connectivity index (χ1) is 7.40. The Bertz CT molecular complexity index is 277. The van der Waals surface area contributed by atoms with Crippen molar-refractivity contribution >= 4 is 0 Å². The van der Waals surface area contributed by atoms with E-state index < -0.39 is 0 Å². The zero-order chi connectivity index (χ0) is 10.5. The van der Waals surface area contributed by atoms with E-state index in [0.29, 0.717) is 0 Å². The summed E-state index contributed by atoms with van der Waals surface area (Å²) in [6.07, 6.45) is 6.75. The molecule has 1 unspecified atom stereocenters. The Hall–Kier alpha value is -0.820. The van der Waals surface area contributed by atoms with E-state index in [1.807, 2.05) is 0 Å². The minimum absolute atomic E-state index is 0.772. The molecule has 1 N–H and O–H groups in total. The van der Waals surface area contributed by atoms with Crippen LogP contribution in [0.25, 0.3) is 0 Å². The SMILES string of the molecule is CNC(CCCc1ccccc1)C1CC1. The van der Waals surface area contributed by atoms with Gasteiger partial charge in [-0.3, -0.25) is 0 Å². The second-order valence-electron chi connectivity index (χ2n) is 4.61. The van der Waals surface area contributed by atoms with Crippen molar-refractivity contribution in [1.82, 2.24) is 5.32 Å². The highest BCUT2D eigenvalue weighted by Gasteiger charge is 2.29. The lowest BCUT2D eigenvalue weighted by Crippen LogP contribution is -2.27. The predicted molar refractivity (Wildman–Crippen MR) is 65.0 cm³/mol. The second-order valence-corrected chi connectivity index (χ2v) is 4.61. The lowest BCUT2D eigenvalue weighted by atomic mass is 10.0. The molecule has 1 atom stereocenters. The van der Waals surface area contributed by atoms with E-state index in [1.54, 1.807) is 0 Å². The quantitative estimate of drug-likeness (QED) is 0.749. The number of rotatable bonds is 6. The maximum atomic E-state index is 3.45. The molecular weight excluding hydrogens is 182 g/mol. The molecule has 0 saturated heterocycles. The Balaban J connectivity index is 1.69. The number of hydrogen-bond acceptors (Lipinski definition) is 1. The molecule has 1 aromatic rings. The van der Waals surface area contributed by atoms with Gasteiger partial charge in [-0.15, -0.1) is 0 Å². The topological polar surface area (TPSA) is 12.0 Å². The maximum Gasteiger partial charge on any atom is 0.00924 e. The van der Waals surface area contributed by atoms with E-state index in [9.17, 15) is 0 Å². The van der Waals surface area contributed by atoms with Gasteiger partial charge < -0.3 is 5.32 Å². The van der Waals surface area contributed by atoms with Crippen molar-refractivity contribution < 1.29 is 0 Å². The molecule has 1 aliphatic rings. The third-order valence-corrected chi connectivity index (χ3v) is 3.39. The van der Waals surface area contributed by atoms with Crippen LogP contribution in [0.4, 0.5) is 0 Å². The van der Waals surface area contributed by atoms with Crippen molar-refractivity contribution in [2.75, 3.05) is 7.05 Å². The highest BCUT2D eigenvalue weighted by Crippen LogP contribution is 2.34. The first kappa shape index (κ1) is 10.7. The molecule has 0 radical (unpaired) electrons. The lowest BCUT2D eigenvalue weighted by molar-refractivity contribution is 0.456. The Morgan fingerprint density at radius 2 is 2.00 bits per heavy atom. The van der Waals surface area contributed by atoms with E-state index >= 15 is 0 Å². The molecule has 1 aromatic carbocycles. The minimum atomic E-state index is 0.772. The van der Waals surface area contributed by atoms with Crippen molar-refractivity contribution in [3.05, 3.63) is 35.9 Å². The van der Waals surface area contributed by atoms with Crippen LogP contribution in [0.3, 0.4) is 0 Å². The summed E-state index contributed by atoms with van der Waals surface area (Å²) >= 11 is 0. The van der Waals surface area contributed by atoms with Gasteiger partial charge in [-0.25, -0.2) is 0 Å². The molecule has 1 aliphatic carbocycles. The van der Waals surface area contributed by atoms with Gasteiger partial charge in [0.25, 0.3) is 0 Å². The van der Waals surface area contributed by atoms with Crippen molar-refractivity contribution in [3.63, 3.8) is 0 Å². The summed E-state index contributed by atoms with van der Waals surface area (Å²) in [7, 11) is 2.10. The van der Waals surface area contributed by atoms with Crippen molar-refractivity contribution in [3.8, 4) is 0 Å². The number of hydrogen-bond donors (Lipinski definition) is 1. The molecule has 0 bridgehead atoms. The highest BCUT2D eigenvalue weighted by molar-refractivity contribution is 5.14. The van der Waals surface area contributed by atoms with Crippen LogP contribution >= 0.6 is 0 Å². The van der Waals surface area contributed by atoms with Gasteiger partial charge in [0.05, 0.1) is 0 Å². The van der Waals surface area contributed by atoms with Crippen molar-refractivity contribution in [1.29, 1.82) is 0 Å². The predicted octanol–water partition coefficient (Wildman–Crippen LogP) is 3.01. The Labute approximate surface area is 92.9 Å². The summed E-state index contributed by atoms with van der Waals surface area (Å²) < 4.78 is 0. The average Bonchev–Trinajstić information content (AvgIpc) is 3.10. The maximum absolute atomic E-state index is 3.45. The first-order valence-electron chi connectivity index (χ1n) is 6.11. The molecule has 0 heterocycles. The summed E-state index contributed by atoms with van der Waals surface area (Å²) in [4.78, 5) is 0. The summed E-state index contributed by atoms with van der Waals surface area (Å²) in [6, 6.07) is 11.6. The van der Waals surface area contributed by atoms with E-state index in [4.69, 9.17) is 0 Å². The molecule has 0 aromatic heterocycles. The Morgan fingerprint density at radius 3 is 2.60 bits per heavy atom. The Kier molecular flexibility index (Phi) is 3.79. The van der Waals surface area contributed by atoms with Gasteiger partial charge in [0.1, 0.15) is 0 Å². The van der Waals surface area contributed by atoms with Crippen LogP contribution in [0.1, 0.15) is 31.2 Å². The molecule has 82 valence electrons. The zero-order valence-corrected chi connectivity index (χ0v) is 9.58. The summed E-state index contributed by atoms with van der Waals surface area (Å²) in [5, 5.41) is 3.45. The fourth-order valence-electron chi connectivity index (χ4n) is 2.29. The fraction of sp³-hybridized carbons (Fsp3) is 0.571. The van der Waals surface area contributed by atoms with Crippen LogP contribution in [0.5, 0.6) is 0 Å². The van der Waals surface area contributed by atoms with Gasteiger partial charge in [0, 0.05) is 6.04 Å². The second kappa shape index (κ2) is 5.32. The summed E-state index contributed by atoms with van der Waals surface area (Å²) in [5.74, 6) is 0.978. The van der Waals surface area contributed by atoms with Gasteiger partial charge in [0.15, 0.2) is 0 Å². The molecule has 1 nitrogen and oxygen atoms in total. The lowest BCUT2D eigenvalue weighted by Gasteiger charge is -2.14. The molecule has 0 amide bonds. The van der Waals surface area contributed by atoms with Gasteiger partial charge >= 0.3 is 0 Å². The normalized spacial score (nSPS) is 17.7. The molecule has 1 heteroatoms. The molecular formula is C14H21N. The molecule has 0 aliphatic heterocycles. The van der Waals surface area contributed by atoms with Crippen LogP contribution in [0, 0.1) is 5.92 Å². The van der Waals surface area contributed by atoms with Crippen LogP contribution in [0.2, 0.25) is 0 Å². The largest absolute Gasteiger partial charge is 0.317 e. The van der Waals surface area contributed by atoms with Crippen LogP contribution < -0.4 is 5.32 Å². The number of aryl methyl sites for hydroxylation is 1. The molecule has 0 spiro atoms. The standard InChI is InChI=1S/C14H21N/c1-15-14(13-10-11-13)9-5-8-12-6-3-2-4-7-12/h2-4,6-7,13-15H,5,8-11H2,1H3.